The number of hydrogen-bond acceptors (Lipinski definition) is 4. The minimum absolute atomic E-state index is 0.105. The number of nitrogens with zero attached hydrogens (tertiary/aromatic N) is 4. The Kier molecular flexibility index (Phi) is 3.93. The van der Waals surface area contributed by atoms with Gasteiger partial charge in [0.15, 0.2) is 0 Å². The molecule has 0 unspecified atom stereocenters. The fourth-order valence-corrected chi connectivity index (χ4v) is 3.35. The van der Waals surface area contributed by atoms with Gasteiger partial charge in [-0.3, -0.25) is 14.8 Å². The molecule has 5 nitrogen and oxygen atoms in total. The standard InChI is InChI=1S/C19H15ClN4O/c1-12(25)24-19(11-17(23-24)14-4-2-3-5-15(14)20)13-6-7-16-18(10-13)22-9-8-21-16/h2-10,19H,11H2,1H3/t19-/m0/s1. The zero-order chi connectivity index (χ0) is 17.4. The highest BCUT2D eigenvalue weighted by Crippen LogP contribution is 2.35. The van der Waals surface area contributed by atoms with Gasteiger partial charge in [-0.25, -0.2) is 5.01 Å². The van der Waals surface area contributed by atoms with Crippen molar-refractivity contribution in [2.24, 2.45) is 5.10 Å². The zero-order valence-electron chi connectivity index (χ0n) is 13.6. The summed E-state index contributed by atoms with van der Waals surface area (Å²) in [6.07, 6.45) is 3.93. The highest BCUT2D eigenvalue weighted by molar-refractivity contribution is 6.34. The Morgan fingerprint density at radius 2 is 1.88 bits per heavy atom. The molecule has 1 atom stereocenters. The van der Waals surface area contributed by atoms with Crippen LogP contribution in [0.4, 0.5) is 0 Å². The molecule has 2 heterocycles. The molecular weight excluding hydrogens is 336 g/mol. The van der Waals surface area contributed by atoms with E-state index in [1.165, 1.54) is 11.9 Å². The summed E-state index contributed by atoms with van der Waals surface area (Å²) in [7, 11) is 0. The van der Waals surface area contributed by atoms with E-state index in [2.05, 4.69) is 15.1 Å². The summed E-state index contributed by atoms with van der Waals surface area (Å²) in [6.45, 7) is 1.52. The average molecular weight is 351 g/mol. The number of hydrazone groups is 1. The quantitative estimate of drug-likeness (QED) is 0.702. The van der Waals surface area contributed by atoms with Gasteiger partial charge in [0.2, 0.25) is 5.91 Å². The van der Waals surface area contributed by atoms with Crippen molar-refractivity contribution in [3.8, 4) is 0 Å². The molecule has 4 rings (SSSR count). The smallest absolute Gasteiger partial charge is 0.240 e. The van der Waals surface area contributed by atoms with Gasteiger partial charge in [0.1, 0.15) is 0 Å². The first-order valence-corrected chi connectivity index (χ1v) is 8.34. The number of carbonyl (C=O) groups is 1. The molecule has 6 heteroatoms. The molecule has 25 heavy (non-hydrogen) atoms. The first kappa shape index (κ1) is 15.7. The maximum Gasteiger partial charge on any atom is 0.240 e. The van der Waals surface area contributed by atoms with Crippen LogP contribution in [0.15, 0.2) is 60.0 Å². The number of halogens is 1. The fourth-order valence-electron chi connectivity index (χ4n) is 3.11. The number of carbonyl (C=O) groups excluding carboxylic acids is 1. The van der Waals surface area contributed by atoms with Gasteiger partial charge >= 0.3 is 0 Å². The van der Waals surface area contributed by atoms with E-state index in [0.29, 0.717) is 11.4 Å². The van der Waals surface area contributed by atoms with Crippen LogP contribution in [0.3, 0.4) is 0 Å². The van der Waals surface area contributed by atoms with Gasteiger partial charge in [-0.15, -0.1) is 0 Å². The van der Waals surface area contributed by atoms with Crippen molar-refractivity contribution >= 4 is 34.3 Å². The molecule has 124 valence electrons. The monoisotopic (exact) mass is 350 g/mol. The Labute approximate surface area is 150 Å². The van der Waals surface area contributed by atoms with Crippen molar-refractivity contribution in [2.75, 3.05) is 0 Å². The van der Waals surface area contributed by atoms with Crippen LogP contribution in [0.1, 0.15) is 30.5 Å². The van der Waals surface area contributed by atoms with Crippen molar-refractivity contribution in [3.63, 3.8) is 0 Å². The summed E-state index contributed by atoms with van der Waals surface area (Å²) >= 11 is 6.30. The lowest BCUT2D eigenvalue weighted by atomic mass is 9.98. The number of aromatic nitrogens is 2. The molecule has 2 aromatic carbocycles. The molecule has 1 amide bonds. The maximum absolute atomic E-state index is 12.1. The Hall–Kier alpha value is -2.79. The molecule has 1 aliphatic rings. The molecule has 0 N–H and O–H groups in total. The van der Waals surface area contributed by atoms with E-state index in [4.69, 9.17) is 11.6 Å². The molecular formula is C19H15ClN4O. The molecule has 0 radical (unpaired) electrons. The van der Waals surface area contributed by atoms with Gasteiger partial charge in [0.05, 0.1) is 22.8 Å². The fraction of sp³-hybridized carbons (Fsp3) is 0.158. The van der Waals surface area contributed by atoms with Crippen molar-refractivity contribution in [2.45, 2.75) is 19.4 Å². The maximum atomic E-state index is 12.1. The number of rotatable bonds is 2. The molecule has 0 saturated carbocycles. The Morgan fingerprint density at radius 3 is 2.64 bits per heavy atom. The Bertz CT molecular complexity index is 1000. The van der Waals surface area contributed by atoms with E-state index in [9.17, 15) is 4.79 Å². The minimum Gasteiger partial charge on any atom is -0.273 e. The molecule has 0 bridgehead atoms. The van der Waals surface area contributed by atoms with Crippen LogP contribution < -0.4 is 0 Å². The van der Waals surface area contributed by atoms with Gasteiger partial charge in [0, 0.05) is 36.3 Å². The normalized spacial score (nSPS) is 17.0. The summed E-state index contributed by atoms with van der Waals surface area (Å²) in [5.41, 5.74) is 4.28. The number of hydrogen-bond donors (Lipinski definition) is 0. The number of benzene rings is 2. The molecule has 0 aliphatic carbocycles. The van der Waals surface area contributed by atoms with E-state index in [1.54, 1.807) is 12.4 Å². The topological polar surface area (TPSA) is 58.5 Å². The summed E-state index contributed by atoms with van der Waals surface area (Å²) in [5, 5.41) is 6.69. The molecule has 0 fully saturated rings. The SMILES string of the molecule is CC(=O)N1N=C(c2ccccc2Cl)C[C@H]1c1ccc2nccnc2c1. The Morgan fingerprint density at radius 1 is 1.12 bits per heavy atom. The second kappa shape index (κ2) is 6.26. The summed E-state index contributed by atoms with van der Waals surface area (Å²) in [5.74, 6) is -0.105. The minimum atomic E-state index is -0.171. The van der Waals surface area contributed by atoms with Gasteiger partial charge in [-0.05, 0) is 23.8 Å². The number of fused-ring (bicyclic) bond motifs is 1. The third kappa shape index (κ3) is 2.87. The summed E-state index contributed by atoms with van der Waals surface area (Å²) in [4.78, 5) is 20.8. The van der Waals surface area contributed by atoms with Crippen molar-refractivity contribution in [3.05, 3.63) is 71.0 Å². The second-order valence-electron chi connectivity index (χ2n) is 5.91. The van der Waals surface area contributed by atoms with E-state index in [-0.39, 0.29) is 11.9 Å². The first-order valence-electron chi connectivity index (χ1n) is 7.96. The van der Waals surface area contributed by atoms with Crippen LogP contribution in [0.2, 0.25) is 5.02 Å². The largest absolute Gasteiger partial charge is 0.273 e. The van der Waals surface area contributed by atoms with E-state index < -0.39 is 0 Å². The lowest BCUT2D eigenvalue weighted by Gasteiger charge is -2.20. The lowest BCUT2D eigenvalue weighted by molar-refractivity contribution is -0.130. The zero-order valence-corrected chi connectivity index (χ0v) is 14.3. The lowest BCUT2D eigenvalue weighted by Crippen LogP contribution is -2.24. The molecule has 1 aliphatic heterocycles. The van der Waals surface area contributed by atoms with Gasteiger partial charge in [-0.1, -0.05) is 35.9 Å². The molecule has 0 spiro atoms. The predicted octanol–water partition coefficient (Wildman–Crippen LogP) is 3.98. The first-order chi connectivity index (χ1) is 12.1. The van der Waals surface area contributed by atoms with Crippen molar-refractivity contribution in [1.82, 2.24) is 15.0 Å². The predicted molar refractivity (Wildman–Crippen MR) is 97.4 cm³/mol. The van der Waals surface area contributed by atoms with E-state index in [0.717, 1.165) is 27.9 Å². The van der Waals surface area contributed by atoms with Crippen molar-refractivity contribution in [1.29, 1.82) is 0 Å². The molecule has 3 aromatic rings. The third-order valence-corrected chi connectivity index (χ3v) is 4.63. The van der Waals surface area contributed by atoms with Gasteiger partial charge < -0.3 is 0 Å². The molecule has 1 aromatic heterocycles. The van der Waals surface area contributed by atoms with Crippen molar-refractivity contribution < 1.29 is 4.79 Å². The summed E-state index contributed by atoms with van der Waals surface area (Å²) in [6, 6.07) is 13.2. The highest BCUT2D eigenvalue weighted by Gasteiger charge is 2.32. The van der Waals surface area contributed by atoms with Crippen LogP contribution >= 0.6 is 11.6 Å². The van der Waals surface area contributed by atoms with Crippen LogP contribution in [-0.4, -0.2) is 26.6 Å². The van der Waals surface area contributed by atoms with E-state index in [1.807, 2.05) is 42.5 Å². The van der Waals surface area contributed by atoms with Crippen LogP contribution in [0.25, 0.3) is 11.0 Å². The number of amides is 1. The van der Waals surface area contributed by atoms with Crippen LogP contribution in [0, 0.1) is 0 Å². The van der Waals surface area contributed by atoms with Gasteiger partial charge in [0.25, 0.3) is 0 Å². The van der Waals surface area contributed by atoms with Gasteiger partial charge in [-0.2, -0.15) is 5.10 Å². The van der Waals surface area contributed by atoms with Crippen LogP contribution in [-0.2, 0) is 4.79 Å². The average Bonchev–Trinajstić information content (AvgIpc) is 3.07. The second-order valence-corrected chi connectivity index (χ2v) is 6.32. The Balaban J connectivity index is 1.74. The molecule has 0 saturated heterocycles. The van der Waals surface area contributed by atoms with E-state index >= 15 is 0 Å². The third-order valence-electron chi connectivity index (χ3n) is 4.30. The highest BCUT2D eigenvalue weighted by atomic mass is 35.5. The summed E-state index contributed by atoms with van der Waals surface area (Å²) < 4.78 is 0. The van der Waals surface area contributed by atoms with Crippen LogP contribution in [0.5, 0.6) is 0 Å².